The third kappa shape index (κ3) is 3.55. The van der Waals surface area contributed by atoms with Crippen LogP contribution in [-0.2, 0) is 16.0 Å². The van der Waals surface area contributed by atoms with Gasteiger partial charge < -0.3 is 15.4 Å². The SMILES string of the molecule is CN(CCc1ccccc1)C(=O)C1(N)CCOCC1. The first kappa shape index (κ1) is 14.0. The summed E-state index contributed by atoms with van der Waals surface area (Å²) in [5.74, 6) is 0.0340. The van der Waals surface area contributed by atoms with Gasteiger partial charge in [-0.05, 0) is 24.8 Å². The number of nitrogens with zero attached hydrogens (tertiary/aromatic N) is 1. The Bertz CT molecular complexity index is 413. The number of hydrogen-bond donors (Lipinski definition) is 1. The van der Waals surface area contributed by atoms with Crippen LogP contribution >= 0.6 is 0 Å². The molecule has 1 aromatic carbocycles. The Morgan fingerprint density at radius 2 is 1.95 bits per heavy atom. The van der Waals surface area contributed by atoms with Crippen LogP contribution in [0, 0.1) is 0 Å². The van der Waals surface area contributed by atoms with Crippen LogP contribution in [0.1, 0.15) is 18.4 Å². The lowest BCUT2D eigenvalue weighted by atomic mass is 9.90. The zero-order valence-electron chi connectivity index (χ0n) is 11.5. The zero-order valence-corrected chi connectivity index (χ0v) is 11.5. The molecule has 4 heteroatoms. The molecule has 2 N–H and O–H groups in total. The fraction of sp³-hybridized carbons (Fsp3) is 0.533. The molecule has 1 fully saturated rings. The van der Waals surface area contributed by atoms with E-state index >= 15 is 0 Å². The first-order chi connectivity index (χ1) is 9.12. The van der Waals surface area contributed by atoms with Gasteiger partial charge in [0.05, 0.1) is 5.54 Å². The van der Waals surface area contributed by atoms with Gasteiger partial charge in [0, 0.05) is 26.8 Å². The third-order valence-electron chi connectivity index (χ3n) is 3.74. The molecule has 0 aliphatic carbocycles. The van der Waals surface area contributed by atoms with E-state index in [0.29, 0.717) is 32.6 Å². The van der Waals surface area contributed by atoms with E-state index in [0.717, 1.165) is 6.42 Å². The van der Waals surface area contributed by atoms with E-state index in [1.165, 1.54) is 5.56 Å². The minimum absolute atomic E-state index is 0.0340. The van der Waals surface area contributed by atoms with Crippen LogP contribution in [-0.4, -0.2) is 43.2 Å². The average Bonchev–Trinajstić information content (AvgIpc) is 2.46. The lowest BCUT2D eigenvalue weighted by molar-refractivity contribution is -0.139. The van der Waals surface area contributed by atoms with Crippen molar-refractivity contribution in [2.24, 2.45) is 5.73 Å². The maximum atomic E-state index is 12.4. The Labute approximate surface area is 114 Å². The summed E-state index contributed by atoms with van der Waals surface area (Å²) >= 11 is 0. The summed E-state index contributed by atoms with van der Waals surface area (Å²) in [5.41, 5.74) is 6.71. The fourth-order valence-corrected chi connectivity index (χ4v) is 2.37. The second kappa shape index (κ2) is 6.17. The van der Waals surface area contributed by atoms with Crippen molar-refractivity contribution in [1.29, 1.82) is 0 Å². The maximum absolute atomic E-state index is 12.4. The van der Waals surface area contributed by atoms with Crippen molar-refractivity contribution >= 4 is 5.91 Å². The molecule has 1 heterocycles. The van der Waals surface area contributed by atoms with Gasteiger partial charge in [-0.3, -0.25) is 4.79 Å². The van der Waals surface area contributed by atoms with E-state index in [-0.39, 0.29) is 5.91 Å². The molecule has 1 aliphatic heterocycles. The molecule has 0 radical (unpaired) electrons. The van der Waals surface area contributed by atoms with Gasteiger partial charge in [0.15, 0.2) is 0 Å². The Kier molecular flexibility index (Phi) is 4.56. The quantitative estimate of drug-likeness (QED) is 0.887. The van der Waals surface area contributed by atoms with Gasteiger partial charge in [0.25, 0.3) is 0 Å². The number of likely N-dealkylation sites (N-methyl/N-ethyl adjacent to an activating group) is 1. The number of benzene rings is 1. The molecule has 1 aromatic rings. The van der Waals surface area contributed by atoms with Crippen LogP contribution in [0.5, 0.6) is 0 Å². The standard InChI is InChI=1S/C15H22N2O2/c1-17(10-7-13-5-3-2-4-6-13)14(18)15(16)8-11-19-12-9-15/h2-6H,7-12,16H2,1H3. The normalized spacial score (nSPS) is 18.0. The number of rotatable bonds is 4. The van der Waals surface area contributed by atoms with Crippen molar-refractivity contribution in [1.82, 2.24) is 4.90 Å². The number of nitrogens with two attached hydrogens (primary N) is 1. The average molecular weight is 262 g/mol. The number of amides is 1. The van der Waals surface area contributed by atoms with Gasteiger partial charge in [-0.25, -0.2) is 0 Å². The van der Waals surface area contributed by atoms with Crippen LogP contribution in [0.4, 0.5) is 0 Å². The van der Waals surface area contributed by atoms with Crippen LogP contribution in [0.3, 0.4) is 0 Å². The van der Waals surface area contributed by atoms with Crippen molar-refractivity contribution in [2.45, 2.75) is 24.8 Å². The molecular weight excluding hydrogens is 240 g/mol. The number of carbonyl (C=O) groups excluding carboxylic acids is 1. The molecule has 0 bridgehead atoms. The van der Waals surface area contributed by atoms with Crippen molar-refractivity contribution in [2.75, 3.05) is 26.8 Å². The third-order valence-corrected chi connectivity index (χ3v) is 3.74. The van der Waals surface area contributed by atoms with Crippen LogP contribution < -0.4 is 5.73 Å². The highest BCUT2D eigenvalue weighted by molar-refractivity contribution is 5.86. The van der Waals surface area contributed by atoms with Crippen LogP contribution in [0.15, 0.2) is 30.3 Å². The van der Waals surface area contributed by atoms with Gasteiger partial charge in [-0.1, -0.05) is 30.3 Å². The number of hydrogen-bond acceptors (Lipinski definition) is 3. The second-order valence-corrected chi connectivity index (χ2v) is 5.23. The lowest BCUT2D eigenvalue weighted by Gasteiger charge is -2.35. The highest BCUT2D eigenvalue weighted by Crippen LogP contribution is 2.20. The predicted octanol–water partition coefficient (Wildman–Crippen LogP) is 1.20. The summed E-state index contributed by atoms with van der Waals surface area (Å²) in [6, 6.07) is 10.2. The Hall–Kier alpha value is -1.39. The summed E-state index contributed by atoms with van der Waals surface area (Å²) in [6.45, 7) is 1.85. The molecule has 0 atom stereocenters. The summed E-state index contributed by atoms with van der Waals surface area (Å²) in [5, 5.41) is 0. The summed E-state index contributed by atoms with van der Waals surface area (Å²) in [4.78, 5) is 14.1. The van der Waals surface area contributed by atoms with E-state index in [1.807, 2.05) is 25.2 Å². The van der Waals surface area contributed by atoms with Crippen molar-refractivity contribution < 1.29 is 9.53 Å². The molecule has 0 spiro atoms. The summed E-state index contributed by atoms with van der Waals surface area (Å²) < 4.78 is 5.27. The molecule has 0 saturated carbocycles. The topological polar surface area (TPSA) is 55.6 Å². The van der Waals surface area contributed by atoms with E-state index in [2.05, 4.69) is 12.1 Å². The fourth-order valence-electron chi connectivity index (χ4n) is 2.37. The molecule has 2 rings (SSSR count). The summed E-state index contributed by atoms with van der Waals surface area (Å²) in [7, 11) is 1.83. The number of ether oxygens (including phenoxy) is 1. The molecule has 0 unspecified atom stereocenters. The van der Waals surface area contributed by atoms with E-state index in [4.69, 9.17) is 10.5 Å². The molecular formula is C15H22N2O2. The van der Waals surface area contributed by atoms with Gasteiger partial charge >= 0.3 is 0 Å². The first-order valence-corrected chi connectivity index (χ1v) is 6.78. The Balaban J connectivity index is 1.88. The minimum Gasteiger partial charge on any atom is -0.381 e. The van der Waals surface area contributed by atoms with Crippen LogP contribution in [0.2, 0.25) is 0 Å². The molecule has 104 valence electrons. The van der Waals surface area contributed by atoms with Crippen molar-refractivity contribution in [3.05, 3.63) is 35.9 Å². The van der Waals surface area contributed by atoms with Gasteiger partial charge in [0.2, 0.25) is 5.91 Å². The highest BCUT2D eigenvalue weighted by atomic mass is 16.5. The second-order valence-electron chi connectivity index (χ2n) is 5.23. The van der Waals surface area contributed by atoms with E-state index < -0.39 is 5.54 Å². The monoisotopic (exact) mass is 262 g/mol. The number of carbonyl (C=O) groups is 1. The molecule has 19 heavy (non-hydrogen) atoms. The van der Waals surface area contributed by atoms with Gasteiger partial charge in [-0.2, -0.15) is 0 Å². The van der Waals surface area contributed by atoms with Gasteiger partial charge in [0.1, 0.15) is 0 Å². The predicted molar refractivity (Wildman–Crippen MR) is 74.8 cm³/mol. The van der Waals surface area contributed by atoms with Crippen molar-refractivity contribution in [3.63, 3.8) is 0 Å². The molecule has 1 saturated heterocycles. The maximum Gasteiger partial charge on any atom is 0.242 e. The lowest BCUT2D eigenvalue weighted by Crippen LogP contribution is -2.57. The molecule has 4 nitrogen and oxygen atoms in total. The largest absolute Gasteiger partial charge is 0.381 e. The van der Waals surface area contributed by atoms with Crippen LogP contribution in [0.25, 0.3) is 0 Å². The van der Waals surface area contributed by atoms with Crippen molar-refractivity contribution in [3.8, 4) is 0 Å². The minimum atomic E-state index is -0.732. The molecule has 1 aliphatic rings. The van der Waals surface area contributed by atoms with E-state index in [1.54, 1.807) is 4.90 Å². The van der Waals surface area contributed by atoms with Gasteiger partial charge in [-0.15, -0.1) is 0 Å². The van der Waals surface area contributed by atoms with E-state index in [9.17, 15) is 4.79 Å². The molecule has 1 amide bonds. The Morgan fingerprint density at radius 1 is 1.32 bits per heavy atom. The zero-order chi connectivity index (χ0) is 13.7. The highest BCUT2D eigenvalue weighted by Gasteiger charge is 2.37. The first-order valence-electron chi connectivity index (χ1n) is 6.78. The summed E-state index contributed by atoms with van der Waals surface area (Å²) in [6.07, 6.45) is 2.08. The smallest absolute Gasteiger partial charge is 0.242 e. The molecule has 0 aromatic heterocycles. The Morgan fingerprint density at radius 3 is 2.58 bits per heavy atom.